The molecule has 3 rings (SSSR count). The molecule has 1 aliphatic rings. The van der Waals surface area contributed by atoms with Crippen LogP contribution in [0, 0.1) is 0 Å². The second-order valence-electron chi connectivity index (χ2n) is 6.35. The number of ether oxygens (including phenoxy) is 3. The summed E-state index contributed by atoms with van der Waals surface area (Å²) in [5, 5.41) is 0. The summed E-state index contributed by atoms with van der Waals surface area (Å²) >= 11 is 0. The average Bonchev–Trinajstić information content (AvgIpc) is 2.70. The van der Waals surface area contributed by atoms with Gasteiger partial charge in [-0.25, -0.2) is 0 Å². The van der Waals surface area contributed by atoms with E-state index in [4.69, 9.17) is 14.2 Å². The maximum Gasteiger partial charge on any atom is 0.223 e. The van der Waals surface area contributed by atoms with E-state index in [0.717, 1.165) is 35.6 Å². The SMILES string of the molecule is COc1ccccc1CCC(=O)N1CCc2cc(OC)c(OC)cc2C1. The highest BCUT2D eigenvalue weighted by Crippen LogP contribution is 2.33. The van der Waals surface area contributed by atoms with Crippen LogP contribution >= 0.6 is 0 Å². The Morgan fingerprint density at radius 2 is 1.62 bits per heavy atom. The molecule has 2 aromatic carbocycles. The Morgan fingerprint density at radius 1 is 0.962 bits per heavy atom. The van der Waals surface area contributed by atoms with Gasteiger partial charge < -0.3 is 19.1 Å². The summed E-state index contributed by atoms with van der Waals surface area (Å²) in [6.45, 7) is 1.34. The van der Waals surface area contributed by atoms with Gasteiger partial charge in [0.25, 0.3) is 0 Å². The molecule has 0 fully saturated rings. The van der Waals surface area contributed by atoms with Crippen molar-refractivity contribution < 1.29 is 19.0 Å². The molecule has 5 heteroatoms. The molecule has 0 bridgehead atoms. The van der Waals surface area contributed by atoms with Crippen molar-refractivity contribution in [2.75, 3.05) is 27.9 Å². The fourth-order valence-corrected chi connectivity index (χ4v) is 3.41. The van der Waals surface area contributed by atoms with Crippen molar-refractivity contribution in [2.45, 2.75) is 25.8 Å². The summed E-state index contributed by atoms with van der Waals surface area (Å²) in [5.41, 5.74) is 3.41. The third-order valence-electron chi connectivity index (χ3n) is 4.87. The first-order valence-electron chi connectivity index (χ1n) is 8.79. The van der Waals surface area contributed by atoms with Crippen molar-refractivity contribution in [3.8, 4) is 17.2 Å². The van der Waals surface area contributed by atoms with E-state index in [9.17, 15) is 4.79 Å². The summed E-state index contributed by atoms with van der Waals surface area (Å²) in [4.78, 5) is 14.6. The van der Waals surface area contributed by atoms with Gasteiger partial charge in [0.15, 0.2) is 11.5 Å². The minimum absolute atomic E-state index is 0.163. The Bertz CT molecular complexity index is 788. The number of rotatable bonds is 6. The summed E-state index contributed by atoms with van der Waals surface area (Å²) in [7, 11) is 4.92. The predicted molar refractivity (Wildman–Crippen MR) is 100.0 cm³/mol. The minimum atomic E-state index is 0.163. The van der Waals surface area contributed by atoms with E-state index in [-0.39, 0.29) is 5.91 Å². The number of methoxy groups -OCH3 is 3. The third-order valence-corrected chi connectivity index (χ3v) is 4.87. The highest BCUT2D eigenvalue weighted by Gasteiger charge is 2.22. The summed E-state index contributed by atoms with van der Waals surface area (Å²) in [6, 6.07) is 11.8. The molecule has 0 radical (unpaired) electrons. The normalized spacial score (nSPS) is 13.1. The molecule has 138 valence electrons. The van der Waals surface area contributed by atoms with E-state index in [1.807, 2.05) is 41.3 Å². The van der Waals surface area contributed by atoms with Crippen LogP contribution in [0.3, 0.4) is 0 Å². The number of para-hydroxylation sites is 1. The van der Waals surface area contributed by atoms with E-state index < -0.39 is 0 Å². The molecule has 0 saturated heterocycles. The quantitative estimate of drug-likeness (QED) is 0.798. The van der Waals surface area contributed by atoms with Crippen molar-refractivity contribution >= 4 is 5.91 Å². The van der Waals surface area contributed by atoms with Gasteiger partial charge in [0, 0.05) is 19.5 Å². The van der Waals surface area contributed by atoms with Crippen LogP contribution in [0.2, 0.25) is 0 Å². The molecule has 0 unspecified atom stereocenters. The number of carbonyl (C=O) groups excluding carboxylic acids is 1. The van der Waals surface area contributed by atoms with Crippen molar-refractivity contribution in [3.05, 3.63) is 53.1 Å². The monoisotopic (exact) mass is 355 g/mol. The lowest BCUT2D eigenvalue weighted by Gasteiger charge is -2.29. The molecular weight excluding hydrogens is 330 g/mol. The summed E-state index contributed by atoms with van der Waals surface area (Å²) in [5.74, 6) is 2.44. The van der Waals surface area contributed by atoms with Crippen LogP contribution in [-0.4, -0.2) is 38.7 Å². The van der Waals surface area contributed by atoms with Gasteiger partial charge >= 0.3 is 0 Å². The van der Waals surface area contributed by atoms with Gasteiger partial charge in [0.1, 0.15) is 5.75 Å². The molecule has 0 spiro atoms. The smallest absolute Gasteiger partial charge is 0.223 e. The molecule has 2 aromatic rings. The van der Waals surface area contributed by atoms with Gasteiger partial charge in [0.2, 0.25) is 5.91 Å². The molecule has 0 aliphatic carbocycles. The molecule has 0 saturated carbocycles. The van der Waals surface area contributed by atoms with E-state index in [0.29, 0.717) is 25.1 Å². The largest absolute Gasteiger partial charge is 0.496 e. The van der Waals surface area contributed by atoms with Gasteiger partial charge in [-0.1, -0.05) is 18.2 Å². The molecule has 0 N–H and O–H groups in total. The van der Waals surface area contributed by atoms with Crippen molar-refractivity contribution in [2.24, 2.45) is 0 Å². The Kier molecular flexibility index (Phi) is 5.66. The van der Waals surface area contributed by atoms with Gasteiger partial charge in [-0.2, -0.15) is 0 Å². The van der Waals surface area contributed by atoms with Crippen molar-refractivity contribution in [1.82, 2.24) is 4.90 Å². The molecule has 1 aliphatic heterocycles. The lowest BCUT2D eigenvalue weighted by molar-refractivity contribution is -0.132. The standard InChI is InChI=1S/C21H25NO4/c1-24-18-7-5-4-6-15(18)8-9-21(23)22-11-10-16-12-19(25-2)20(26-3)13-17(16)14-22/h4-7,12-13H,8-11,14H2,1-3H3. The summed E-state index contributed by atoms with van der Waals surface area (Å²) in [6.07, 6.45) is 1.98. The molecule has 0 atom stereocenters. The first kappa shape index (κ1) is 18.1. The number of hydrogen-bond donors (Lipinski definition) is 0. The minimum Gasteiger partial charge on any atom is -0.496 e. The molecule has 26 heavy (non-hydrogen) atoms. The predicted octanol–water partition coefficient (Wildman–Crippen LogP) is 3.23. The highest BCUT2D eigenvalue weighted by atomic mass is 16.5. The lowest BCUT2D eigenvalue weighted by atomic mass is 9.98. The topological polar surface area (TPSA) is 48.0 Å². The third kappa shape index (κ3) is 3.77. The van der Waals surface area contributed by atoms with Crippen LogP contribution in [0.25, 0.3) is 0 Å². The lowest BCUT2D eigenvalue weighted by Crippen LogP contribution is -2.36. The van der Waals surface area contributed by atoms with Gasteiger partial charge in [0.05, 0.1) is 21.3 Å². The number of nitrogens with zero attached hydrogens (tertiary/aromatic N) is 1. The number of amides is 1. The van der Waals surface area contributed by atoms with Crippen LogP contribution in [-0.2, 0) is 24.2 Å². The molecule has 1 heterocycles. The van der Waals surface area contributed by atoms with E-state index in [1.54, 1.807) is 21.3 Å². The van der Waals surface area contributed by atoms with Crippen LogP contribution in [0.4, 0.5) is 0 Å². The highest BCUT2D eigenvalue weighted by molar-refractivity contribution is 5.77. The number of aryl methyl sites for hydroxylation is 1. The maximum atomic E-state index is 12.7. The molecular formula is C21H25NO4. The number of benzene rings is 2. The van der Waals surface area contributed by atoms with Crippen LogP contribution in [0.5, 0.6) is 17.2 Å². The van der Waals surface area contributed by atoms with Crippen LogP contribution in [0.15, 0.2) is 36.4 Å². The Balaban J connectivity index is 1.67. The van der Waals surface area contributed by atoms with Crippen LogP contribution in [0.1, 0.15) is 23.1 Å². The van der Waals surface area contributed by atoms with Crippen LogP contribution < -0.4 is 14.2 Å². The first-order chi connectivity index (χ1) is 12.7. The van der Waals surface area contributed by atoms with Gasteiger partial charge in [-0.3, -0.25) is 4.79 Å². The van der Waals surface area contributed by atoms with Gasteiger partial charge in [-0.15, -0.1) is 0 Å². The Morgan fingerprint density at radius 3 is 2.31 bits per heavy atom. The first-order valence-corrected chi connectivity index (χ1v) is 8.79. The second kappa shape index (κ2) is 8.13. The second-order valence-corrected chi connectivity index (χ2v) is 6.35. The number of fused-ring (bicyclic) bond motifs is 1. The van der Waals surface area contributed by atoms with Gasteiger partial charge in [-0.05, 0) is 47.7 Å². The van der Waals surface area contributed by atoms with Crippen molar-refractivity contribution in [3.63, 3.8) is 0 Å². The van der Waals surface area contributed by atoms with E-state index in [1.165, 1.54) is 5.56 Å². The zero-order valence-corrected chi connectivity index (χ0v) is 15.6. The van der Waals surface area contributed by atoms with E-state index >= 15 is 0 Å². The van der Waals surface area contributed by atoms with E-state index in [2.05, 4.69) is 0 Å². The fraction of sp³-hybridized carbons (Fsp3) is 0.381. The molecule has 0 aromatic heterocycles. The zero-order valence-electron chi connectivity index (χ0n) is 15.6. The number of hydrogen-bond acceptors (Lipinski definition) is 4. The maximum absolute atomic E-state index is 12.7. The molecule has 1 amide bonds. The fourth-order valence-electron chi connectivity index (χ4n) is 3.41. The summed E-state index contributed by atoms with van der Waals surface area (Å²) < 4.78 is 16.1. The average molecular weight is 355 g/mol. The number of carbonyl (C=O) groups is 1. The molecule has 5 nitrogen and oxygen atoms in total. The van der Waals surface area contributed by atoms with Crippen molar-refractivity contribution in [1.29, 1.82) is 0 Å². The Labute approximate surface area is 154 Å². The Hall–Kier alpha value is -2.69. The zero-order chi connectivity index (χ0) is 18.5.